The molecular weight excluding hydrogens is 272 g/mol. The third-order valence-corrected chi connectivity index (χ3v) is 3.81. The molecule has 21 heavy (non-hydrogen) atoms. The minimum absolute atomic E-state index is 0.0378. The van der Waals surface area contributed by atoms with Gasteiger partial charge < -0.3 is 10.1 Å². The molecule has 3 rings (SSSR count). The molecule has 110 valence electrons. The second-order valence-corrected chi connectivity index (χ2v) is 5.36. The fourth-order valence-corrected chi connectivity index (χ4v) is 2.49. The number of hydrogen-bond donors (Lipinski definition) is 1. The zero-order chi connectivity index (χ0) is 14.8. The Bertz CT molecular complexity index is 623. The molecule has 1 unspecified atom stereocenters. The average Bonchev–Trinajstić information content (AvgIpc) is 3.31. The quantitative estimate of drug-likeness (QED) is 0.872. The van der Waals surface area contributed by atoms with E-state index >= 15 is 0 Å². The largest absolute Gasteiger partial charge is 0.497 e. The summed E-state index contributed by atoms with van der Waals surface area (Å²) in [7, 11) is 1.62. The van der Waals surface area contributed by atoms with Crippen molar-refractivity contribution < 1.29 is 13.5 Å². The van der Waals surface area contributed by atoms with Gasteiger partial charge in [0.05, 0.1) is 18.8 Å². The third-order valence-electron chi connectivity index (χ3n) is 3.81. The summed E-state index contributed by atoms with van der Waals surface area (Å²) in [6.07, 6.45) is 2.24. The Kier molecular flexibility index (Phi) is 3.78. The van der Waals surface area contributed by atoms with Crippen LogP contribution < -0.4 is 10.1 Å². The fourth-order valence-electron chi connectivity index (χ4n) is 2.49. The lowest BCUT2D eigenvalue weighted by atomic mass is 10.0. The highest BCUT2D eigenvalue weighted by atomic mass is 19.1. The Labute approximate surface area is 122 Å². The summed E-state index contributed by atoms with van der Waals surface area (Å²) in [4.78, 5) is 0. The Morgan fingerprint density at radius 3 is 2.38 bits per heavy atom. The van der Waals surface area contributed by atoms with Gasteiger partial charge in [0, 0.05) is 6.07 Å². The van der Waals surface area contributed by atoms with Gasteiger partial charge in [0.1, 0.15) is 17.4 Å². The normalized spacial score (nSPS) is 15.6. The highest BCUT2D eigenvalue weighted by Gasteiger charge is 2.32. The predicted octanol–water partition coefficient (Wildman–Crippen LogP) is 4.54. The van der Waals surface area contributed by atoms with E-state index in [0.29, 0.717) is 11.6 Å². The standard InChI is InChI=1S/C17H17F2NO/c1-21-14-7-4-12(5-8-14)17(11-2-3-11)20-16-9-6-13(18)10-15(16)19/h4-11,17,20H,2-3H2,1H3. The number of ether oxygens (including phenoxy) is 1. The molecule has 1 aliphatic carbocycles. The second-order valence-electron chi connectivity index (χ2n) is 5.36. The SMILES string of the molecule is COc1ccc(C(Nc2ccc(F)cc2F)C2CC2)cc1. The van der Waals surface area contributed by atoms with Crippen molar-refractivity contribution in [3.8, 4) is 5.75 Å². The van der Waals surface area contributed by atoms with Crippen LogP contribution >= 0.6 is 0 Å². The lowest BCUT2D eigenvalue weighted by Gasteiger charge is -2.21. The van der Waals surface area contributed by atoms with Gasteiger partial charge in [-0.15, -0.1) is 0 Å². The minimum Gasteiger partial charge on any atom is -0.497 e. The van der Waals surface area contributed by atoms with E-state index in [9.17, 15) is 8.78 Å². The first-order chi connectivity index (χ1) is 10.2. The van der Waals surface area contributed by atoms with Gasteiger partial charge in [-0.05, 0) is 48.6 Å². The molecule has 0 radical (unpaired) electrons. The smallest absolute Gasteiger partial charge is 0.149 e. The van der Waals surface area contributed by atoms with Crippen molar-refractivity contribution in [2.75, 3.05) is 12.4 Å². The molecule has 0 aliphatic heterocycles. The molecule has 0 amide bonds. The molecule has 2 aromatic rings. The van der Waals surface area contributed by atoms with Gasteiger partial charge in [-0.3, -0.25) is 0 Å². The summed E-state index contributed by atoms with van der Waals surface area (Å²) in [5, 5.41) is 3.21. The van der Waals surface area contributed by atoms with E-state index in [1.165, 1.54) is 12.1 Å². The van der Waals surface area contributed by atoms with E-state index in [1.807, 2.05) is 24.3 Å². The molecule has 0 saturated heterocycles. The molecule has 0 aromatic heterocycles. The minimum atomic E-state index is -0.564. The molecular formula is C17H17F2NO. The Balaban J connectivity index is 1.84. The zero-order valence-electron chi connectivity index (χ0n) is 11.8. The summed E-state index contributed by atoms with van der Waals surface area (Å²) >= 11 is 0. The number of methoxy groups -OCH3 is 1. The van der Waals surface area contributed by atoms with E-state index in [4.69, 9.17) is 4.74 Å². The molecule has 2 nitrogen and oxygen atoms in total. The van der Waals surface area contributed by atoms with Crippen LogP contribution in [0.3, 0.4) is 0 Å². The summed E-state index contributed by atoms with van der Waals surface area (Å²) in [6.45, 7) is 0. The van der Waals surface area contributed by atoms with Crippen molar-refractivity contribution >= 4 is 5.69 Å². The third kappa shape index (κ3) is 3.15. The van der Waals surface area contributed by atoms with Crippen molar-refractivity contribution in [2.24, 2.45) is 5.92 Å². The number of nitrogens with one attached hydrogen (secondary N) is 1. The molecule has 1 fully saturated rings. The summed E-state index contributed by atoms with van der Waals surface area (Å²) in [5.74, 6) is 0.156. The van der Waals surface area contributed by atoms with Crippen molar-refractivity contribution in [3.63, 3.8) is 0 Å². The predicted molar refractivity (Wildman–Crippen MR) is 78.4 cm³/mol. The number of rotatable bonds is 5. The second kappa shape index (κ2) is 5.72. The molecule has 4 heteroatoms. The van der Waals surface area contributed by atoms with E-state index in [2.05, 4.69) is 5.32 Å². The molecule has 0 heterocycles. The first kappa shape index (κ1) is 13.9. The van der Waals surface area contributed by atoms with Crippen molar-refractivity contribution in [1.29, 1.82) is 0 Å². The van der Waals surface area contributed by atoms with Crippen LogP contribution in [0.4, 0.5) is 14.5 Å². The van der Waals surface area contributed by atoms with E-state index in [-0.39, 0.29) is 6.04 Å². The van der Waals surface area contributed by atoms with E-state index in [1.54, 1.807) is 7.11 Å². The molecule has 0 bridgehead atoms. The maximum Gasteiger partial charge on any atom is 0.149 e. The van der Waals surface area contributed by atoms with Crippen LogP contribution in [-0.4, -0.2) is 7.11 Å². The lowest BCUT2D eigenvalue weighted by molar-refractivity contribution is 0.414. The molecule has 1 saturated carbocycles. The number of benzene rings is 2. The van der Waals surface area contributed by atoms with Crippen molar-refractivity contribution in [3.05, 3.63) is 59.7 Å². The Morgan fingerprint density at radius 1 is 1.10 bits per heavy atom. The van der Waals surface area contributed by atoms with Crippen LogP contribution in [-0.2, 0) is 0 Å². The van der Waals surface area contributed by atoms with Crippen LogP contribution in [0.1, 0.15) is 24.4 Å². The van der Waals surface area contributed by atoms with Gasteiger partial charge in [-0.1, -0.05) is 12.1 Å². The van der Waals surface area contributed by atoms with Gasteiger partial charge in [0.15, 0.2) is 0 Å². The maximum absolute atomic E-state index is 13.8. The Hall–Kier alpha value is -2.10. The fraction of sp³-hybridized carbons (Fsp3) is 0.294. The number of hydrogen-bond acceptors (Lipinski definition) is 2. The summed E-state index contributed by atoms with van der Waals surface area (Å²) in [5.41, 5.74) is 1.42. The van der Waals surface area contributed by atoms with Crippen LogP contribution in [0.25, 0.3) is 0 Å². The average molecular weight is 289 g/mol. The summed E-state index contributed by atoms with van der Waals surface area (Å²) < 4.78 is 31.9. The molecule has 2 aromatic carbocycles. The van der Waals surface area contributed by atoms with Crippen LogP contribution in [0.2, 0.25) is 0 Å². The van der Waals surface area contributed by atoms with E-state index in [0.717, 1.165) is 30.2 Å². The number of anilines is 1. The van der Waals surface area contributed by atoms with Crippen molar-refractivity contribution in [2.45, 2.75) is 18.9 Å². The zero-order valence-corrected chi connectivity index (χ0v) is 11.8. The van der Waals surface area contributed by atoms with Crippen LogP contribution in [0, 0.1) is 17.6 Å². The van der Waals surface area contributed by atoms with Crippen molar-refractivity contribution in [1.82, 2.24) is 0 Å². The molecule has 0 spiro atoms. The van der Waals surface area contributed by atoms with Gasteiger partial charge in [0.25, 0.3) is 0 Å². The molecule has 1 N–H and O–H groups in total. The van der Waals surface area contributed by atoms with Gasteiger partial charge in [0.2, 0.25) is 0 Å². The monoisotopic (exact) mass is 289 g/mol. The van der Waals surface area contributed by atoms with Crippen LogP contribution in [0.15, 0.2) is 42.5 Å². The number of halogens is 2. The molecule has 1 aliphatic rings. The Morgan fingerprint density at radius 2 is 1.81 bits per heavy atom. The highest BCUT2D eigenvalue weighted by Crippen LogP contribution is 2.43. The van der Waals surface area contributed by atoms with Gasteiger partial charge >= 0.3 is 0 Å². The summed E-state index contributed by atoms with van der Waals surface area (Å²) in [6, 6.07) is 11.4. The first-order valence-corrected chi connectivity index (χ1v) is 7.03. The van der Waals surface area contributed by atoms with E-state index < -0.39 is 11.6 Å². The van der Waals surface area contributed by atoms with Gasteiger partial charge in [-0.25, -0.2) is 8.78 Å². The van der Waals surface area contributed by atoms with Crippen LogP contribution in [0.5, 0.6) is 5.75 Å². The lowest BCUT2D eigenvalue weighted by Crippen LogP contribution is -2.14. The molecule has 1 atom stereocenters. The van der Waals surface area contributed by atoms with Gasteiger partial charge in [-0.2, -0.15) is 0 Å². The highest BCUT2D eigenvalue weighted by molar-refractivity contribution is 5.48. The topological polar surface area (TPSA) is 21.3 Å². The first-order valence-electron chi connectivity index (χ1n) is 7.03. The maximum atomic E-state index is 13.8.